The Labute approximate surface area is 150 Å². The van der Waals surface area contributed by atoms with Crippen LogP contribution in [0.15, 0.2) is 78.0 Å². The first kappa shape index (κ1) is 14.7. The number of pyridine rings is 1. The zero-order valence-electron chi connectivity index (χ0n) is 13.8. The van der Waals surface area contributed by atoms with E-state index in [2.05, 4.69) is 15.4 Å². The van der Waals surface area contributed by atoms with Crippen molar-refractivity contribution < 1.29 is 4.79 Å². The van der Waals surface area contributed by atoms with Gasteiger partial charge in [0.1, 0.15) is 6.04 Å². The molecule has 2 amide bonds. The first-order valence-electron chi connectivity index (χ1n) is 8.36. The van der Waals surface area contributed by atoms with Gasteiger partial charge in [0.25, 0.3) is 0 Å². The molecule has 0 aliphatic carbocycles. The topological polar surface area (TPSA) is 60.8 Å². The lowest BCUT2D eigenvalue weighted by atomic mass is 10.1. The summed E-state index contributed by atoms with van der Waals surface area (Å²) in [5, 5.41) is 11.5. The van der Waals surface area contributed by atoms with Crippen LogP contribution in [0.25, 0.3) is 10.9 Å². The van der Waals surface area contributed by atoms with Crippen LogP contribution in [0, 0.1) is 0 Å². The fourth-order valence-corrected chi connectivity index (χ4v) is 3.37. The number of fused-ring (bicyclic) bond motifs is 4. The minimum absolute atomic E-state index is 0.0725. The third-order valence-corrected chi connectivity index (χ3v) is 4.54. The van der Waals surface area contributed by atoms with Gasteiger partial charge in [-0.15, -0.1) is 0 Å². The Morgan fingerprint density at radius 3 is 2.88 bits per heavy atom. The number of urea groups is 1. The van der Waals surface area contributed by atoms with Crippen LogP contribution in [0.2, 0.25) is 0 Å². The molecule has 0 fully saturated rings. The van der Waals surface area contributed by atoms with Crippen LogP contribution < -0.4 is 10.3 Å². The van der Waals surface area contributed by atoms with Crippen molar-refractivity contribution in [3.63, 3.8) is 0 Å². The Morgan fingerprint density at radius 2 is 1.92 bits per heavy atom. The molecule has 6 heteroatoms. The fraction of sp³-hybridized carbons (Fsp3) is 0.0500. The lowest BCUT2D eigenvalue weighted by Crippen LogP contribution is -2.43. The molecule has 2 aliphatic rings. The molecule has 3 heterocycles. The Balaban J connectivity index is 1.49. The first-order valence-corrected chi connectivity index (χ1v) is 8.36. The maximum Gasteiger partial charge on any atom is 0.346 e. The van der Waals surface area contributed by atoms with Crippen molar-refractivity contribution in [2.45, 2.75) is 6.04 Å². The Kier molecular flexibility index (Phi) is 3.21. The molecule has 0 spiro atoms. The highest BCUT2D eigenvalue weighted by Gasteiger charge is 2.38. The van der Waals surface area contributed by atoms with E-state index in [0.29, 0.717) is 5.69 Å². The van der Waals surface area contributed by atoms with Crippen LogP contribution in [-0.2, 0) is 0 Å². The highest BCUT2D eigenvalue weighted by Crippen LogP contribution is 2.42. The molecule has 3 aromatic rings. The number of nitrogens with zero attached hydrogens (tertiary/aromatic N) is 4. The van der Waals surface area contributed by atoms with Gasteiger partial charge in [-0.1, -0.05) is 42.5 Å². The predicted molar refractivity (Wildman–Crippen MR) is 102 cm³/mol. The molecule has 2 aromatic carbocycles. The number of aromatic nitrogens is 1. The molecule has 1 atom stereocenters. The molecule has 1 N–H and O–H groups in total. The molecule has 0 bridgehead atoms. The van der Waals surface area contributed by atoms with Gasteiger partial charge in [0.05, 0.1) is 23.1 Å². The van der Waals surface area contributed by atoms with Gasteiger partial charge in [0.15, 0.2) is 0 Å². The van der Waals surface area contributed by atoms with Crippen LogP contribution in [-0.4, -0.2) is 22.3 Å². The summed E-state index contributed by atoms with van der Waals surface area (Å²) in [5.74, 6) is 0. The quantitative estimate of drug-likeness (QED) is 0.725. The van der Waals surface area contributed by atoms with Crippen molar-refractivity contribution in [1.29, 1.82) is 0 Å². The first-order chi connectivity index (χ1) is 12.8. The van der Waals surface area contributed by atoms with Crippen molar-refractivity contribution in [3.8, 4) is 0 Å². The van der Waals surface area contributed by atoms with Gasteiger partial charge >= 0.3 is 6.03 Å². The molecule has 1 unspecified atom stereocenters. The van der Waals surface area contributed by atoms with E-state index in [0.717, 1.165) is 22.2 Å². The lowest BCUT2D eigenvalue weighted by molar-refractivity contribution is 0.216. The molecule has 6 nitrogen and oxygen atoms in total. The number of hydrazone groups is 1. The number of para-hydroxylation sites is 2. The number of anilines is 2. The SMILES string of the molecule is O=C(Nc1cnc2ccccc2c1)N1c2ccccc2C2C=CC=NN21. The average Bonchev–Trinajstić information content (AvgIpc) is 3.02. The second-order valence-electron chi connectivity index (χ2n) is 6.13. The number of amides is 2. The van der Waals surface area contributed by atoms with E-state index in [9.17, 15) is 4.79 Å². The Hall–Kier alpha value is -3.67. The summed E-state index contributed by atoms with van der Waals surface area (Å²) < 4.78 is 0. The summed E-state index contributed by atoms with van der Waals surface area (Å²) >= 11 is 0. The van der Waals surface area contributed by atoms with Gasteiger partial charge in [-0.05, 0) is 24.3 Å². The molecular formula is C20H15N5O. The number of benzene rings is 2. The van der Waals surface area contributed by atoms with E-state index in [1.165, 1.54) is 0 Å². The van der Waals surface area contributed by atoms with Crippen LogP contribution >= 0.6 is 0 Å². The van der Waals surface area contributed by atoms with E-state index in [1.54, 1.807) is 22.5 Å². The summed E-state index contributed by atoms with van der Waals surface area (Å²) in [6, 6.07) is 17.2. The summed E-state index contributed by atoms with van der Waals surface area (Å²) in [7, 11) is 0. The van der Waals surface area contributed by atoms with E-state index in [-0.39, 0.29) is 12.1 Å². The zero-order valence-corrected chi connectivity index (χ0v) is 13.8. The number of carbonyl (C=O) groups excluding carboxylic acids is 1. The van der Waals surface area contributed by atoms with Crippen molar-refractivity contribution in [2.24, 2.45) is 5.10 Å². The number of hydrogen-bond donors (Lipinski definition) is 1. The standard InChI is InChI=1S/C20H15N5O/c26-20(23-15-12-14-6-1-3-8-17(14)21-13-15)24-18-9-4-2-7-16(18)19-10-5-11-22-25(19)24/h1-13,19H,(H,23,26). The molecule has 0 saturated carbocycles. The molecule has 2 aliphatic heterocycles. The van der Waals surface area contributed by atoms with E-state index in [1.807, 2.05) is 66.7 Å². The van der Waals surface area contributed by atoms with Crippen LogP contribution in [0.1, 0.15) is 11.6 Å². The number of hydrogen-bond acceptors (Lipinski definition) is 4. The molecule has 0 saturated heterocycles. The summed E-state index contributed by atoms with van der Waals surface area (Å²) in [4.78, 5) is 17.4. The number of hydrazine groups is 1. The van der Waals surface area contributed by atoms with Crippen LogP contribution in [0.4, 0.5) is 16.2 Å². The maximum absolute atomic E-state index is 13.0. The van der Waals surface area contributed by atoms with Crippen molar-refractivity contribution in [3.05, 3.63) is 78.5 Å². The zero-order chi connectivity index (χ0) is 17.5. The van der Waals surface area contributed by atoms with Crippen molar-refractivity contribution in [2.75, 3.05) is 10.3 Å². The second-order valence-corrected chi connectivity index (χ2v) is 6.13. The average molecular weight is 341 g/mol. The van der Waals surface area contributed by atoms with Gasteiger partial charge in [0, 0.05) is 17.2 Å². The molecule has 0 radical (unpaired) electrons. The van der Waals surface area contributed by atoms with Crippen LogP contribution in [0.3, 0.4) is 0 Å². The molecule has 1 aromatic heterocycles. The Morgan fingerprint density at radius 1 is 1.08 bits per heavy atom. The predicted octanol–water partition coefficient (Wildman–Crippen LogP) is 4.10. The third kappa shape index (κ3) is 2.23. The lowest BCUT2D eigenvalue weighted by Gasteiger charge is -2.29. The summed E-state index contributed by atoms with van der Waals surface area (Å²) in [6.07, 6.45) is 7.27. The van der Waals surface area contributed by atoms with E-state index < -0.39 is 0 Å². The van der Waals surface area contributed by atoms with Gasteiger partial charge in [-0.3, -0.25) is 4.98 Å². The van der Waals surface area contributed by atoms with E-state index >= 15 is 0 Å². The smallest absolute Gasteiger partial charge is 0.305 e. The number of carbonyl (C=O) groups is 1. The van der Waals surface area contributed by atoms with E-state index in [4.69, 9.17) is 0 Å². The number of nitrogens with one attached hydrogen (secondary N) is 1. The van der Waals surface area contributed by atoms with Gasteiger partial charge in [-0.2, -0.15) is 15.2 Å². The monoisotopic (exact) mass is 341 g/mol. The van der Waals surface area contributed by atoms with Gasteiger partial charge < -0.3 is 5.32 Å². The van der Waals surface area contributed by atoms with Crippen molar-refractivity contribution in [1.82, 2.24) is 10.1 Å². The summed E-state index contributed by atoms with van der Waals surface area (Å²) in [5.41, 5.74) is 3.41. The molecule has 5 rings (SSSR count). The maximum atomic E-state index is 13.0. The summed E-state index contributed by atoms with van der Waals surface area (Å²) in [6.45, 7) is 0. The van der Waals surface area contributed by atoms with Gasteiger partial charge in [0.2, 0.25) is 0 Å². The minimum Gasteiger partial charge on any atom is -0.305 e. The van der Waals surface area contributed by atoms with Gasteiger partial charge in [-0.25, -0.2) is 4.79 Å². The normalized spacial score (nSPS) is 17.3. The highest BCUT2D eigenvalue weighted by molar-refractivity contribution is 6.03. The number of allylic oxidation sites excluding steroid dienone is 1. The Bertz CT molecular complexity index is 1070. The molecule has 126 valence electrons. The second kappa shape index (κ2) is 5.70. The minimum atomic E-state index is -0.274. The molecule has 26 heavy (non-hydrogen) atoms. The largest absolute Gasteiger partial charge is 0.346 e. The highest BCUT2D eigenvalue weighted by atomic mass is 16.2. The fourth-order valence-electron chi connectivity index (χ4n) is 3.37. The van der Waals surface area contributed by atoms with Crippen molar-refractivity contribution >= 4 is 34.5 Å². The van der Waals surface area contributed by atoms with Crippen LogP contribution in [0.5, 0.6) is 0 Å². The number of rotatable bonds is 1. The molecular weight excluding hydrogens is 326 g/mol. The third-order valence-electron chi connectivity index (χ3n) is 4.54.